The molecule has 2 aromatic rings. The Morgan fingerprint density at radius 2 is 1.81 bits per heavy atom. The predicted molar refractivity (Wildman–Crippen MR) is 161 cm³/mol. The topological polar surface area (TPSA) is 103 Å². The summed E-state index contributed by atoms with van der Waals surface area (Å²) in [7, 11) is 0. The summed E-state index contributed by atoms with van der Waals surface area (Å²) in [6.07, 6.45) is 13.3. The molecule has 6 heteroatoms. The van der Waals surface area contributed by atoms with Crippen molar-refractivity contribution in [3.8, 4) is 11.1 Å². The first-order chi connectivity index (χ1) is 17.4. The number of thiol groups is 1. The SMILES string of the molecule is C=C/C=C\C(N)=C(/C)N.CCc1cc(C2=NC=CC2)ccc1-c1ccccc1C1=CC(C)=NC1.NS. The molecule has 0 fully saturated rings. The first-order valence-electron chi connectivity index (χ1n) is 11.9. The van der Waals surface area contributed by atoms with Gasteiger partial charge in [0.25, 0.3) is 0 Å². The van der Waals surface area contributed by atoms with E-state index in [2.05, 4.69) is 103 Å². The normalized spacial score (nSPS) is 14.6. The van der Waals surface area contributed by atoms with Crippen molar-refractivity contribution in [1.82, 2.24) is 0 Å². The summed E-state index contributed by atoms with van der Waals surface area (Å²) in [5.74, 6) is 0. The van der Waals surface area contributed by atoms with Crippen LogP contribution in [0.2, 0.25) is 0 Å². The molecule has 0 saturated heterocycles. The Labute approximate surface area is 221 Å². The van der Waals surface area contributed by atoms with Crippen molar-refractivity contribution in [2.24, 2.45) is 26.6 Å². The third-order valence-electron chi connectivity index (χ3n) is 5.78. The first-order valence-corrected chi connectivity index (χ1v) is 12.4. The van der Waals surface area contributed by atoms with E-state index in [0.717, 1.165) is 30.8 Å². The van der Waals surface area contributed by atoms with Gasteiger partial charge in [0.1, 0.15) is 0 Å². The van der Waals surface area contributed by atoms with Crippen molar-refractivity contribution < 1.29 is 0 Å². The summed E-state index contributed by atoms with van der Waals surface area (Å²) in [4.78, 5) is 9.02. The quantitative estimate of drug-likeness (QED) is 0.283. The summed E-state index contributed by atoms with van der Waals surface area (Å²) in [6, 6.07) is 15.5. The van der Waals surface area contributed by atoms with Gasteiger partial charge < -0.3 is 11.5 Å². The van der Waals surface area contributed by atoms with Crippen molar-refractivity contribution in [3.63, 3.8) is 0 Å². The molecule has 0 bridgehead atoms. The summed E-state index contributed by atoms with van der Waals surface area (Å²) in [6.45, 7) is 10.3. The smallest absolute Gasteiger partial charge is 0.0649 e. The summed E-state index contributed by atoms with van der Waals surface area (Å²) in [5, 5.41) is 4.19. The van der Waals surface area contributed by atoms with E-state index >= 15 is 0 Å². The molecule has 4 rings (SSSR count). The Kier molecular flexibility index (Phi) is 11.7. The molecule has 2 aromatic carbocycles. The number of hydrogen-bond donors (Lipinski definition) is 4. The van der Waals surface area contributed by atoms with E-state index in [1.807, 2.05) is 6.20 Å². The minimum Gasteiger partial charge on any atom is -0.401 e. The third kappa shape index (κ3) is 7.70. The lowest BCUT2D eigenvalue weighted by atomic mass is 9.89. The number of rotatable bonds is 6. The second-order valence-electron chi connectivity index (χ2n) is 8.30. The number of aliphatic imine (C=N–C) groups is 2. The fourth-order valence-corrected chi connectivity index (χ4v) is 3.90. The number of allylic oxidation sites excluding steroid dienone is 6. The molecule has 36 heavy (non-hydrogen) atoms. The Balaban J connectivity index is 0.000000354. The molecule has 2 aliphatic rings. The van der Waals surface area contributed by atoms with Crippen molar-refractivity contribution >= 4 is 29.8 Å². The van der Waals surface area contributed by atoms with Gasteiger partial charge in [-0.2, -0.15) is 0 Å². The van der Waals surface area contributed by atoms with Crippen LogP contribution >= 0.6 is 12.8 Å². The van der Waals surface area contributed by atoms with Crippen molar-refractivity contribution in [2.75, 3.05) is 6.54 Å². The van der Waals surface area contributed by atoms with Crippen LogP contribution in [0.4, 0.5) is 0 Å². The van der Waals surface area contributed by atoms with E-state index in [0.29, 0.717) is 11.4 Å². The van der Waals surface area contributed by atoms with E-state index < -0.39 is 0 Å². The standard InChI is InChI=1S/C23H22N2.C7H12N2.H3NS/c1-3-17-14-18(23-9-6-12-24-23)10-11-21(17)22-8-5-4-7-20(22)19-13-16(2)25-15-19;1-3-4-5-7(9)6(2)8;1-2/h4-8,10-14H,3,9,15H2,1-2H3;3-5H,1,8-9H2,2H3;2H,1H2/b;5-4-,7-6-;. The Hall–Kier alpha value is -3.61. The minimum absolute atomic E-state index is 0.593. The number of nitrogens with two attached hydrogens (primary N) is 3. The second kappa shape index (κ2) is 14.7. The molecule has 2 aliphatic heterocycles. The lowest BCUT2D eigenvalue weighted by molar-refractivity contribution is 1.14. The van der Waals surface area contributed by atoms with Gasteiger partial charge in [-0.05, 0) is 71.9 Å². The van der Waals surface area contributed by atoms with E-state index in [9.17, 15) is 0 Å². The zero-order valence-corrected chi connectivity index (χ0v) is 22.3. The molecule has 0 amide bonds. The van der Waals surface area contributed by atoms with Gasteiger partial charge in [0.2, 0.25) is 0 Å². The van der Waals surface area contributed by atoms with Gasteiger partial charge in [-0.1, -0.05) is 68.1 Å². The van der Waals surface area contributed by atoms with Crippen LogP contribution in [0.3, 0.4) is 0 Å². The molecule has 6 N–H and O–H groups in total. The summed E-state index contributed by atoms with van der Waals surface area (Å²) in [5.41, 5.74) is 22.1. The molecular formula is C30H37N5S. The fourth-order valence-electron chi connectivity index (χ4n) is 3.90. The van der Waals surface area contributed by atoms with Crippen LogP contribution in [0.15, 0.2) is 107 Å². The zero-order chi connectivity index (χ0) is 26.5. The molecular weight excluding hydrogens is 462 g/mol. The summed E-state index contributed by atoms with van der Waals surface area (Å²) < 4.78 is 0. The van der Waals surface area contributed by atoms with Crippen LogP contribution in [0.25, 0.3) is 16.7 Å². The Morgan fingerprint density at radius 1 is 1.08 bits per heavy atom. The lowest BCUT2D eigenvalue weighted by Crippen LogP contribution is -2.03. The van der Waals surface area contributed by atoms with Crippen LogP contribution in [0, 0.1) is 0 Å². The van der Waals surface area contributed by atoms with Gasteiger partial charge >= 0.3 is 0 Å². The number of benzene rings is 2. The molecule has 5 nitrogen and oxygen atoms in total. The Morgan fingerprint density at radius 3 is 2.36 bits per heavy atom. The maximum atomic E-state index is 5.42. The largest absolute Gasteiger partial charge is 0.401 e. The molecule has 0 radical (unpaired) electrons. The fraction of sp³-hybridized carbons (Fsp3) is 0.200. The van der Waals surface area contributed by atoms with E-state index in [-0.39, 0.29) is 0 Å². The average Bonchev–Trinajstić information content (AvgIpc) is 3.61. The van der Waals surface area contributed by atoms with Gasteiger partial charge in [0.15, 0.2) is 0 Å². The van der Waals surface area contributed by atoms with Crippen molar-refractivity contribution in [2.45, 2.75) is 33.6 Å². The highest BCUT2D eigenvalue weighted by molar-refractivity contribution is 7.77. The molecule has 0 unspecified atom stereocenters. The van der Waals surface area contributed by atoms with Gasteiger partial charge in [0, 0.05) is 24.0 Å². The first kappa shape index (κ1) is 28.6. The van der Waals surface area contributed by atoms with E-state index in [1.165, 1.54) is 33.4 Å². The van der Waals surface area contributed by atoms with Crippen LogP contribution in [-0.4, -0.2) is 18.0 Å². The predicted octanol–water partition coefficient (Wildman–Crippen LogP) is 6.15. The summed E-state index contributed by atoms with van der Waals surface area (Å²) >= 11 is 3.03. The van der Waals surface area contributed by atoms with Gasteiger partial charge in [-0.3, -0.25) is 15.1 Å². The van der Waals surface area contributed by atoms with E-state index in [4.69, 9.17) is 11.5 Å². The Bertz CT molecular complexity index is 1240. The molecule has 0 aromatic heterocycles. The minimum atomic E-state index is 0.593. The zero-order valence-electron chi connectivity index (χ0n) is 21.4. The van der Waals surface area contributed by atoms with Crippen LogP contribution in [0.1, 0.15) is 43.9 Å². The second-order valence-corrected chi connectivity index (χ2v) is 8.30. The van der Waals surface area contributed by atoms with Gasteiger partial charge in [-0.25, -0.2) is 0 Å². The highest BCUT2D eigenvalue weighted by Crippen LogP contribution is 2.34. The highest BCUT2D eigenvalue weighted by Gasteiger charge is 2.15. The number of hydrogen-bond acceptors (Lipinski definition) is 6. The van der Waals surface area contributed by atoms with Crippen LogP contribution < -0.4 is 16.6 Å². The lowest BCUT2D eigenvalue weighted by Gasteiger charge is -2.15. The molecule has 2 heterocycles. The number of aryl methyl sites for hydroxylation is 1. The molecule has 0 spiro atoms. The van der Waals surface area contributed by atoms with Crippen LogP contribution in [-0.2, 0) is 6.42 Å². The maximum absolute atomic E-state index is 5.42. The molecule has 0 atom stereocenters. The van der Waals surface area contributed by atoms with Gasteiger partial charge in [-0.15, -0.1) is 12.8 Å². The van der Waals surface area contributed by atoms with Gasteiger partial charge in [0.05, 0.1) is 18.0 Å². The van der Waals surface area contributed by atoms with Crippen molar-refractivity contribution in [3.05, 3.63) is 114 Å². The third-order valence-corrected chi connectivity index (χ3v) is 5.78. The molecule has 188 valence electrons. The number of nitrogens with zero attached hydrogens (tertiary/aromatic N) is 2. The average molecular weight is 500 g/mol. The molecule has 0 aliphatic carbocycles. The monoisotopic (exact) mass is 499 g/mol. The van der Waals surface area contributed by atoms with Crippen molar-refractivity contribution in [1.29, 1.82) is 0 Å². The maximum Gasteiger partial charge on any atom is 0.0649 e. The van der Waals surface area contributed by atoms with Crippen LogP contribution in [0.5, 0.6) is 0 Å². The molecule has 0 saturated carbocycles. The highest BCUT2D eigenvalue weighted by atomic mass is 32.1. The van der Waals surface area contributed by atoms with E-state index in [1.54, 1.807) is 25.2 Å².